The van der Waals surface area contributed by atoms with E-state index in [9.17, 15) is 24.3 Å². The second-order valence-electron chi connectivity index (χ2n) is 8.51. The van der Waals surface area contributed by atoms with Gasteiger partial charge in [-0.2, -0.15) is 12.6 Å². The summed E-state index contributed by atoms with van der Waals surface area (Å²) in [5, 5.41) is 17.0. The third-order valence-corrected chi connectivity index (χ3v) is 5.88. The first-order valence-electron chi connectivity index (χ1n) is 11.9. The number of nitrogens with two attached hydrogens (primary N) is 5. The van der Waals surface area contributed by atoms with Gasteiger partial charge in [-0.15, -0.1) is 0 Å². The molecule has 0 aromatic rings. The fourth-order valence-electron chi connectivity index (χ4n) is 3.05. The van der Waals surface area contributed by atoms with Crippen LogP contribution in [0.15, 0.2) is 9.98 Å². The molecule has 5 atom stereocenters. The van der Waals surface area contributed by atoms with Crippen LogP contribution in [-0.4, -0.2) is 83.7 Å². The van der Waals surface area contributed by atoms with Gasteiger partial charge in [0.05, 0.1) is 6.04 Å². The number of carboxylic acids is 1. The van der Waals surface area contributed by atoms with Crippen LogP contribution >= 0.6 is 12.6 Å². The molecule has 0 rings (SSSR count). The Morgan fingerprint density at radius 2 is 1.24 bits per heavy atom. The molecular formula is C21H42N10O5S. The minimum Gasteiger partial charge on any atom is -0.480 e. The second kappa shape index (κ2) is 18.0. The topological polar surface area (TPSA) is 279 Å². The molecule has 0 heterocycles. The van der Waals surface area contributed by atoms with Crippen LogP contribution in [0.1, 0.15) is 46.0 Å². The van der Waals surface area contributed by atoms with Crippen LogP contribution in [0.4, 0.5) is 0 Å². The van der Waals surface area contributed by atoms with Crippen LogP contribution in [-0.2, 0) is 19.2 Å². The monoisotopic (exact) mass is 546 g/mol. The summed E-state index contributed by atoms with van der Waals surface area (Å²) >= 11 is 4.11. The van der Waals surface area contributed by atoms with Crippen molar-refractivity contribution in [2.45, 2.75) is 70.1 Å². The fourth-order valence-corrected chi connectivity index (χ4v) is 3.31. The number of aliphatic carboxylic acids is 1. The Hall–Kier alpha value is -3.27. The lowest BCUT2D eigenvalue weighted by atomic mass is 9.98. The number of carbonyl (C=O) groups excluding carboxylic acids is 3. The van der Waals surface area contributed by atoms with E-state index in [1.165, 1.54) is 0 Å². The highest BCUT2D eigenvalue weighted by atomic mass is 32.1. The maximum atomic E-state index is 13.0. The first-order chi connectivity index (χ1) is 17.3. The number of guanidine groups is 2. The lowest BCUT2D eigenvalue weighted by Crippen LogP contribution is -2.58. The molecule has 0 saturated carbocycles. The van der Waals surface area contributed by atoms with Crippen molar-refractivity contribution in [2.24, 2.45) is 44.6 Å². The summed E-state index contributed by atoms with van der Waals surface area (Å²) in [6.07, 6.45) is 1.53. The molecule has 0 aliphatic heterocycles. The van der Waals surface area contributed by atoms with Crippen molar-refractivity contribution in [1.29, 1.82) is 0 Å². The fraction of sp³-hybridized carbons (Fsp3) is 0.714. The standard InChI is InChI=1S/C21H42N10O5S/c1-3-11(2)15(22)18(34)29-12(6-4-8-27-20(23)24)16(32)31-14(10-37)17(33)30-13(19(35)36)7-5-9-28-21(25)26/h11-15,37H,3-10,22H2,1-2H3,(H,29,34)(H,30,33)(H,31,32)(H,35,36)(H4,23,24,27)(H4,25,26,28). The van der Waals surface area contributed by atoms with Crippen molar-refractivity contribution in [3.63, 3.8) is 0 Å². The predicted molar refractivity (Wildman–Crippen MR) is 145 cm³/mol. The number of carbonyl (C=O) groups is 4. The van der Waals surface area contributed by atoms with Gasteiger partial charge in [-0.1, -0.05) is 20.3 Å². The summed E-state index contributed by atoms with van der Waals surface area (Å²) < 4.78 is 0. The van der Waals surface area contributed by atoms with E-state index in [0.717, 1.165) is 0 Å². The summed E-state index contributed by atoms with van der Waals surface area (Å²) in [5.41, 5.74) is 27.1. The van der Waals surface area contributed by atoms with Gasteiger partial charge in [0.1, 0.15) is 18.1 Å². The van der Waals surface area contributed by atoms with Gasteiger partial charge >= 0.3 is 5.97 Å². The summed E-state index contributed by atoms with van der Waals surface area (Å²) in [5.74, 6) is -3.68. The first kappa shape index (κ1) is 33.7. The number of hydrogen-bond acceptors (Lipinski definition) is 8. The second-order valence-corrected chi connectivity index (χ2v) is 8.88. The highest BCUT2D eigenvalue weighted by molar-refractivity contribution is 7.80. The Balaban J connectivity index is 5.36. The average Bonchev–Trinajstić information content (AvgIpc) is 2.84. The summed E-state index contributed by atoms with van der Waals surface area (Å²) in [7, 11) is 0. The van der Waals surface area contributed by atoms with E-state index in [1.54, 1.807) is 0 Å². The number of rotatable bonds is 18. The average molecular weight is 547 g/mol. The number of carboxylic acid groups (broad SMARTS) is 1. The van der Waals surface area contributed by atoms with E-state index >= 15 is 0 Å². The summed E-state index contributed by atoms with van der Waals surface area (Å²) in [6, 6.07) is -4.28. The van der Waals surface area contributed by atoms with Crippen LogP contribution in [0.5, 0.6) is 0 Å². The number of amides is 3. The highest BCUT2D eigenvalue weighted by Crippen LogP contribution is 2.08. The molecule has 0 aromatic heterocycles. The molecule has 0 aromatic carbocycles. The van der Waals surface area contributed by atoms with Gasteiger partial charge in [0.25, 0.3) is 0 Å². The molecule has 0 aliphatic rings. The van der Waals surface area contributed by atoms with E-state index < -0.39 is 47.9 Å². The van der Waals surface area contributed by atoms with Crippen molar-refractivity contribution in [1.82, 2.24) is 16.0 Å². The summed E-state index contributed by atoms with van der Waals surface area (Å²) in [4.78, 5) is 57.5. The third-order valence-electron chi connectivity index (χ3n) is 5.51. The molecule has 37 heavy (non-hydrogen) atoms. The lowest BCUT2D eigenvalue weighted by molar-refractivity contribution is -0.142. The van der Waals surface area contributed by atoms with Crippen LogP contribution in [0.2, 0.25) is 0 Å². The zero-order valence-corrected chi connectivity index (χ0v) is 22.2. The van der Waals surface area contributed by atoms with Crippen molar-refractivity contribution >= 4 is 48.2 Å². The molecular weight excluding hydrogens is 504 g/mol. The van der Waals surface area contributed by atoms with Crippen LogP contribution in [0.3, 0.4) is 0 Å². The maximum absolute atomic E-state index is 13.0. The Morgan fingerprint density at radius 3 is 1.68 bits per heavy atom. The van der Waals surface area contributed by atoms with E-state index in [2.05, 4.69) is 38.6 Å². The van der Waals surface area contributed by atoms with Crippen molar-refractivity contribution in [2.75, 3.05) is 18.8 Å². The van der Waals surface area contributed by atoms with Gasteiger partial charge in [-0.25, -0.2) is 4.79 Å². The lowest BCUT2D eigenvalue weighted by Gasteiger charge is -2.25. The molecule has 3 amide bonds. The molecule has 0 aliphatic carbocycles. The molecule has 0 saturated heterocycles. The Bertz CT molecular complexity index is 818. The van der Waals surface area contributed by atoms with Crippen LogP contribution < -0.4 is 44.6 Å². The number of thiol groups is 1. The van der Waals surface area contributed by atoms with Gasteiger partial charge in [-0.3, -0.25) is 24.4 Å². The van der Waals surface area contributed by atoms with Crippen molar-refractivity contribution < 1.29 is 24.3 Å². The van der Waals surface area contributed by atoms with Crippen LogP contribution in [0, 0.1) is 5.92 Å². The molecule has 0 fully saturated rings. The van der Waals surface area contributed by atoms with Gasteiger partial charge in [0, 0.05) is 18.8 Å². The van der Waals surface area contributed by atoms with E-state index in [1.807, 2.05) is 13.8 Å². The smallest absolute Gasteiger partial charge is 0.326 e. The molecule has 14 N–H and O–H groups in total. The predicted octanol–water partition coefficient (Wildman–Crippen LogP) is -3.06. The van der Waals surface area contributed by atoms with Crippen molar-refractivity contribution in [3.8, 4) is 0 Å². The van der Waals surface area contributed by atoms with Crippen molar-refractivity contribution in [3.05, 3.63) is 0 Å². The maximum Gasteiger partial charge on any atom is 0.326 e. The molecule has 0 spiro atoms. The number of hydrogen-bond donors (Lipinski definition) is 10. The molecule has 0 bridgehead atoms. The number of nitrogens with zero attached hydrogens (tertiary/aromatic N) is 2. The summed E-state index contributed by atoms with van der Waals surface area (Å²) in [6.45, 7) is 4.11. The number of nitrogens with one attached hydrogen (secondary N) is 3. The van der Waals surface area contributed by atoms with Gasteiger partial charge in [0.2, 0.25) is 17.7 Å². The zero-order chi connectivity index (χ0) is 28.5. The Kier molecular flexibility index (Phi) is 16.5. The number of aliphatic imine (C=N–C) groups is 2. The third kappa shape index (κ3) is 14.2. The van der Waals surface area contributed by atoms with Gasteiger partial charge in [0.15, 0.2) is 11.9 Å². The largest absolute Gasteiger partial charge is 0.480 e. The van der Waals surface area contributed by atoms with Gasteiger partial charge < -0.3 is 49.7 Å². The first-order valence-corrected chi connectivity index (χ1v) is 12.6. The molecule has 5 unspecified atom stereocenters. The Labute approximate surface area is 222 Å². The van der Waals surface area contributed by atoms with E-state index in [0.29, 0.717) is 19.3 Å². The normalized spacial score (nSPS) is 14.7. The molecule has 0 radical (unpaired) electrons. The minimum atomic E-state index is -1.26. The van der Waals surface area contributed by atoms with E-state index in [4.69, 9.17) is 28.7 Å². The quantitative estimate of drug-likeness (QED) is 0.0358. The SMILES string of the molecule is CCC(C)C(N)C(=O)NC(CCCN=C(N)N)C(=O)NC(CS)C(=O)NC(CCCN=C(N)N)C(=O)O. The molecule has 15 nitrogen and oxygen atoms in total. The molecule has 16 heteroatoms. The minimum absolute atomic E-state index is 0.0576. The highest BCUT2D eigenvalue weighted by Gasteiger charge is 2.30. The zero-order valence-electron chi connectivity index (χ0n) is 21.4. The van der Waals surface area contributed by atoms with E-state index in [-0.39, 0.29) is 49.5 Å². The van der Waals surface area contributed by atoms with Crippen LogP contribution in [0.25, 0.3) is 0 Å². The van der Waals surface area contributed by atoms with Gasteiger partial charge in [-0.05, 0) is 31.6 Å². The molecule has 212 valence electrons. The Morgan fingerprint density at radius 1 is 0.811 bits per heavy atom.